The molecule has 2 heterocycles. The molecule has 1 amide bonds. The number of methoxy groups -OCH3 is 1. The lowest BCUT2D eigenvalue weighted by Gasteiger charge is -2.24. The predicted octanol–water partition coefficient (Wildman–Crippen LogP) is 2.67. The molecule has 2 unspecified atom stereocenters. The third kappa shape index (κ3) is 4.67. The van der Waals surface area contributed by atoms with Gasteiger partial charge in [0.2, 0.25) is 0 Å². The molecule has 0 N–H and O–H groups in total. The number of benzene rings is 2. The average Bonchev–Trinajstić information content (AvgIpc) is 3.16. The molecule has 30 heavy (non-hydrogen) atoms. The first-order valence-electron chi connectivity index (χ1n) is 9.45. The van der Waals surface area contributed by atoms with Gasteiger partial charge in [0.15, 0.2) is 15.0 Å². The number of aliphatic imine (C=N–C) groups is 1. The molecule has 6 nitrogen and oxygen atoms in total. The lowest BCUT2D eigenvalue weighted by Crippen LogP contribution is -2.37. The fraction of sp³-hybridized carbons (Fsp3) is 0.333. The van der Waals surface area contributed by atoms with Crippen molar-refractivity contribution >= 4 is 32.7 Å². The topological polar surface area (TPSA) is 76.0 Å². The summed E-state index contributed by atoms with van der Waals surface area (Å²) < 4.78 is 42.6. The first-order valence-corrected chi connectivity index (χ1v) is 12.2. The van der Waals surface area contributed by atoms with Crippen molar-refractivity contribution in [1.29, 1.82) is 0 Å². The molecule has 4 rings (SSSR count). The Kier molecular flexibility index (Phi) is 5.84. The van der Waals surface area contributed by atoms with Crippen molar-refractivity contribution in [3.05, 3.63) is 65.5 Å². The van der Waals surface area contributed by atoms with E-state index in [9.17, 15) is 17.6 Å². The quantitative estimate of drug-likeness (QED) is 0.700. The molecule has 2 aromatic rings. The highest BCUT2D eigenvalue weighted by Gasteiger charge is 2.48. The van der Waals surface area contributed by atoms with Gasteiger partial charge in [-0.15, -0.1) is 0 Å². The van der Waals surface area contributed by atoms with Crippen LogP contribution in [0.3, 0.4) is 0 Å². The molecule has 2 aliphatic rings. The molecule has 0 aromatic heterocycles. The normalized spacial score (nSPS) is 23.5. The molecule has 0 aliphatic carbocycles. The van der Waals surface area contributed by atoms with Gasteiger partial charge in [-0.05, 0) is 35.4 Å². The van der Waals surface area contributed by atoms with Crippen LogP contribution in [0, 0.1) is 5.82 Å². The number of rotatable bonds is 5. The van der Waals surface area contributed by atoms with Gasteiger partial charge >= 0.3 is 0 Å². The van der Waals surface area contributed by atoms with Crippen molar-refractivity contribution in [1.82, 2.24) is 4.90 Å². The first kappa shape index (κ1) is 20.9. The maximum atomic E-state index is 13.1. The third-order valence-electron chi connectivity index (χ3n) is 5.15. The number of halogens is 1. The zero-order valence-electron chi connectivity index (χ0n) is 16.3. The van der Waals surface area contributed by atoms with E-state index in [4.69, 9.17) is 4.74 Å². The molecule has 2 aliphatic heterocycles. The van der Waals surface area contributed by atoms with E-state index in [1.165, 1.54) is 23.9 Å². The number of thioether (sulfide) groups is 1. The fourth-order valence-corrected chi connectivity index (χ4v) is 7.68. The lowest BCUT2D eigenvalue weighted by molar-refractivity contribution is -0.117. The van der Waals surface area contributed by atoms with E-state index >= 15 is 0 Å². The van der Waals surface area contributed by atoms with Gasteiger partial charge in [-0.25, -0.2) is 12.8 Å². The van der Waals surface area contributed by atoms with Crippen molar-refractivity contribution in [2.75, 3.05) is 18.6 Å². The van der Waals surface area contributed by atoms with Crippen LogP contribution >= 0.6 is 11.8 Å². The maximum absolute atomic E-state index is 13.1. The van der Waals surface area contributed by atoms with E-state index in [1.54, 1.807) is 19.2 Å². The van der Waals surface area contributed by atoms with Crippen molar-refractivity contribution in [3.63, 3.8) is 0 Å². The Morgan fingerprint density at radius 1 is 1.20 bits per heavy atom. The van der Waals surface area contributed by atoms with Gasteiger partial charge < -0.3 is 9.64 Å². The van der Waals surface area contributed by atoms with Gasteiger partial charge in [-0.1, -0.05) is 36.0 Å². The monoisotopic (exact) mass is 448 g/mol. The molecule has 2 saturated heterocycles. The van der Waals surface area contributed by atoms with Gasteiger partial charge in [0.1, 0.15) is 11.6 Å². The van der Waals surface area contributed by atoms with Gasteiger partial charge in [-0.2, -0.15) is 4.99 Å². The molecule has 2 atom stereocenters. The minimum atomic E-state index is -3.11. The molecule has 0 radical (unpaired) electrons. The standard InChI is InChI=1S/C21H21FN2O4S2/c1-28-17-4-2-3-15(9-17)11-24-18-12-30(26,27)13-19(18)29-21(24)23-20(25)10-14-5-7-16(22)8-6-14/h2-9,18-19H,10-13H2,1H3. The zero-order valence-corrected chi connectivity index (χ0v) is 18.0. The summed E-state index contributed by atoms with van der Waals surface area (Å²) in [5.41, 5.74) is 1.62. The number of fused-ring (bicyclic) bond motifs is 1. The van der Waals surface area contributed by atoms with Crippen LogP contribution in [0.1, 0.15) is 11.1 Å². The predicted molar refractivity (Wildman–Crippen MR) is 115 cm³/mol. The Balaban J connectivity index is 1.57. The molecule has 0 bridgehead atoms. The number of carbonyl (C=O) groups is 1. The highest BCUT2D eigenvalue weighted by molar-refractivity contribution is 8.15. The van der Waals surface area contributed by atoms with Gasteiger partial charge in [0.25, 0.3) is 5.91 Å². The van der Waals surface area contributed by atoms with E-state index < -0.39 is 9.84 Å². The van der Waals surface area contributed by atoms with Crippen LogP contribution in [0.5, 0.6) is 5.75 Å². The molecular formula is C21H21FN2O4S2. The highest BCUT2D eigenvalue weighted by atomic mass is 32.2. The Bertz CT molecular complexity index is 1090. The van der Waals surface area contributed by atoms with Crippen molar-refractivity contribution in [2.45, 2.75) is 24.3 Å². The highest BCUT2D eigenvalue weighted by Crippen LogP contribution is 2.39. The number of amides is 1. The summed E-state index contributed by atoms with van der Waals surface area (Å²) in [5.74, 6) is 0.146. The second-order valence-electron chi connectivity index (χ2n) is 7.37. The Hall–Kier alpha value is -2.39. The maximum Gasteiger partial charge on any atom is 0.252 e. The average molecular weight is 449 g/mol. The molecule has 158 valence electrons. The summed E-state index contributed by atoms with van der Waals surface area (Å²) in [4.78, 5) is 18.7. The first-order chi connectivity index (χ1) is 14.3. The van der Waals surface area contributed by atoms with Gasteiger partial charge in [-0.3, -0.25) is 4.79 Å². The fourth-order valence-electron chi connectivity index (χ4n) is 3.71. The number of amidine groups is 1. The molecule has 9 heteroatoms. The van der Waals surface area contributed by atoms with E-state index in [1.807, 2.05) is 29.2 Å². The summed E-state index contributed by atoms with van der Waals surface area (Å²) >= 11 is 1.35. The molecule has 2 fully saturated rings. The molecule has 2 aromatic carbocycles. The van der Waals surface area contributed by atoms with Crippen LogP contribution in [0.2, 0.25) is 0 Å². The van der Waals surface area contributed by atoms with Crippen LogP contribution in [0.15, 0.2) is 53.5 Å². The third-order valence-corrected chi connectivity index (χ3v) is 8.40. The minimum absolute atomic E-state index is 0.0554. The van der Waals surface area contributed by atoms with Crippen LogP contribution < -0.4 is 4.74 Å². The van der Waals surface area contributed by atoms with Crippen molar-refractivity contribution in [2.24, 2.45) is 4.99 Å². The smallest absolute Gasteiger partial charge is 0.252 e. The number of ether oxygens (including phenoxy) is 1. The van der Waals surface area contributed by atoms with E-state index in [0.29, 0.717) is 23.0 Å². The van der Waals surface area contributed by atoms with Gasteiger partial charge in [0.05, 0.1) is 31.1 Å². The summed E-state index contributed by atoms with van der Waals surface area (Å²) in [6.07, 6.45) is 0.0605. The van der Waals surface area contributed by atoms with Crippen molar-refractivity contribution < 1.29 is 22.3 Å². The Morgan fingerprint density at radius 3 is 2.70 bits per heavy atom. The lowest BCUT2D eigenvalue weighted by atomic mass is 10.1. The number of nitrogens with zero attached hydrogens (tertiary/aromatic N) is 2. The van der Waals surface area contributed by atoms with E-state index in [-0.39, 0.29) is 40.9 Å². The largest absolute Gasteiger partial charge is 0.497 e. The van der Waals surface area contributed by atoms with Crippen LogP contribution in [0.4, 0.5) is 4.39 Å². The number of carbonyl (C=O) groups excluding carboxylic acids is 1. The summed E-state index contributed by atoms with van der Waals surface area (Å²) in [5, 5.41) is 0.396. The van der Waals surface area contributed by atoms with Crippen LogP contribution in [-0.2, 0) is 27.6 Å². The van der Waals surface area contributed by atoms with Crippen LogP contribution in [-0.4, -0.2) is 54.3 Å². The summed E-state index contributed by atoms with van der Waals surface area (Å²) in [6, 6.07) is 13.1. The van der Waals surface area contributed by atoms with Gasteiger partial charge in [0, 0.05) is 11.8 Å². The second-order valence-corrected chi connectivity index (χ2v) is 10.7. The molecular weight excluding hydrogens is 427 g/mol. The van der Waals surface area contributed by atoms with E-state index in [2.05, 4.69) is 4.99 Å². The zero-order chi connectivity index (χ0) is 21.3. The number of hydrogen-bond donors (Lipinski definition) is 0. The minimum Gasteiger partial charge on any atom is -0.497 e. The molecule has 0 saturated carbocycles. The Morgan fingerprint density at radius 2 is 1.97 bits per heavy atom. The van der Waals surface area contributed by atoms with E-state index in [0.717, 1.165) is 5.56 Å². The SMILES string of the molecule is COc1cccc(CN2C(=NC(=O)Cc3ccc(F)cc3)SC3CS(=O)(=O)CC32)c1. The Labute approximate surface area is 179 Å². The molecule has 0 spiro atoms. The number of hydrogen-bond acceptors (Lipinski definition) is 5. The summed E-state index contributed by atoms with van der Waals surface area (Å²) in [7, 11) is -1.52. The summed E-state index contributed by atoms with van der Waals surface area (Å²) in [6.45, 7) is 0.434. The van der Waals surface area contributed by atoms with Crippen LogP contribution in [0.25, 0.3) is 0 Å². The van der Waals surface area contributed by atoms with Crippen molar-refractivity contribution in [3.8, 4) is 5.75 Å². The number of sulfone groups is 1. The second kappa shape index (κ2) is 8.39.